The first-order valence-corrected chi connectivity index (χ1v) is 7.17. The van der Waals surface area contributed by atoms with Crippen molar-refractivity contribution < 1.29 is 5.11 Å². The lowest BCUT2D eigenvalue weighted by Crippen LogP contribution is -2.36. The van der Waals surface area contributed by atoms with E-state index in [0.717, 1.165) is 17.0 Å². The summed E-state index contributed by atoms with van der Waals surface area (Å²) in [7, 11) is 0. The molecule has 0 aliphatic heterocycles. The van der Waals surface area contributed by atoms with Crippen LogP contribution >= 0.6 is 11.8 Å². The molecule has 6 heteroatoms. The Morgan fingerprint density at radius 1 is 1.50 bits per heavy atom. The zero-order valence-corrected chi connectivity index (χ0v) is 11.7. The molecule has 2 rings (SSSR count). The van der Waals surface area contributed by atoms with Crippen molar-refractivity contribution in [3.63, 3.8) is 0 Å². The van der Waals surface area contributed by atoms with Gasteiger partial charge in [0.1, 0.15) is 12.1 Å². The second kappa shape index (κ2) is 5.16. The van der Waals surface area contributed by atoms with Gasteiger partial charge in [-0.15, -0.1) is 0 Å². The van der Waals surface area contributed by atoms with E-state index in [1.54, 1.807) is 16.3 Å². The van der Waals surface area contributed by atoms with Gasteiger partial charge < -0.3 is 10.4 Å². The molecular formula is C12H18N4OS. The van der Waals surface area contributed by atoms with E-state index in [1.807, 2.05) is 32.2 Å². The zero-order valence-electron chi connectivity index (χ0n) is 10.8. The third kappa shape index (κ3) is 2.94. The van der Waals surface area contributed by atoms with Crippen LogP contribution in [0.5, 0.6) is 0 Å². The topological polar surface area (TPSA) is 62.5 Å². The number of pyridine rings is 1. The molecule has 0 fully saturated rings. The first kappa shape index (κ1) is 13.2. The number of aryl methyl sites for hydroxylation is 1. The van der Waals surface area contributed by atoms with Crippen molar-refractivity contribution in [2.75, 3.05) is 23.9 Å². The molecule has 0 aromatic carbocycles. The third-order valence-corrected chi connectivity index (χ3v) is 3.54. The van der Waals surface area contributed by atoms with Gasteiger partial charge >= 0.3 is 0 Å². The Morgan fingerprint density at radius 2 is 2.28 bits per heavy atom. The molecule has 0 radical (unpaired) electrons. The van der Waals surface area contributed by atoms with E-state index in [4.69, 9.17) is 0 Å². The fourth-order valence-electron chi connectivity index (χ4n) is 1.83. The molecule has 1 atom stereocenters. The molecule has 5 nitrogen and oxygen atoms in total. The van der Waals surface area contributed by atoms with Crippen LogP contribution in [0.25, 0.3) is 5.65 Å². The summed E-state index contributed by atoms with van der Waals surface area (Å²) in [6.07, 6.45) is 3.51. The van der Waals surface area contributed by atoms with Gasteiger partial charge in [0, 0.05) is 12.3 Å². The van der Waals surface area contributed by atoms with Crippen LogP contribution in [0.2, 0.25) is 0 Å². The third-order valence-electron chi connectivity index (χ3n) is 2.63. The summed E-state index contributed by atoms with van der Waals surface area (Å²) in [6, 6.07) is 3.97. The highest BCUT2D eigenvalue weighted by Crippen LogP contribution is 2.16. The number of rotatable bonds is 5. The number of anilines is 1. The van der Waals surface area contributed by atoms with E-state index in [1.165, 1.54) is 6.33 Å². The number of aromatic nitrogens is 3. The molecule has 2 aromatic rings. The van der Waals surface area contributed by atoms with Gasteiger partial charge in [-0.25, -0.2) is 4.98 Å². The lowest BCUT2D eigenvalue weighted by molar-refractivity contribution is 0.0996. The van der Waals surface area contributed by atoms with Crippen LogP contribution in [0.15, 0.2) is 18.5 Å². The standard InChI is InChI=1S/C12H18N4OS/c1-9-4-10(13-6-12(2,17)7-18-3)16-11(5-9)14-8-15-16/h4-5,8,13,17H,6-7H2,1-3H3. The van der Waals surface area contributed by atoms with Crippen LogP contribution in [-0.4, -0.2) is 43.9 Å². The van der Waals surface area contributed by atoms with Gasteiger partial charge in [-0.3, -0.25) is 0 Å². The van der Waals surface area contributed by atoms with Gasteiger partial charge in [0.2, 0.25) is 0 Å². The molecule has 1 unspecified atom stereocenters. The molecule has 18 heavy (non-hydrogen) atoms. The minimum Gasteiger partial charge on any atom is -0.387 e. The number of nitrogens with zero attached hydrogens (tertiary/aromatic N) is 3. The maximum absolute atomic E-state index is 10.1. The van der Waals surface area contributed by atoms with Crippen LogP contribution in [-0.2, 0) is 0 Å². The average Bonchev–Trinajstić information content (AvgIpc) is 2.73. The summed E-state index contributed by atoms with van der Waals surface area (Å²) in [6.45, 7) is 4.32. The molecular weight excluding hydrogens is 248 g/mol. The SMILES string of the molecule is CSCC(C)(O)CNc1cc(C)cc2ncnn12. The van der Waals surface area contributed by atoms with Crippen molar-refractivity contribution in [3.8, 4) is 0 Å². The highest BCUT2D eigenvalue weighted by molar-refractivity contribution is 7.98. The van der Waals surface area contributed by atoms with Gasteiger partial charge in [0.05, 0.1) is 5.60 Å². The summed E-state index contributed by atoms with van der Waals surface area (Å²) in [5, 5.41) is 17.5. The molecule has 2 heterocycles. The van der Waals surface area contributed by atoms with Gasteiger partial charge in [-0.2, -0.15) is 21.4 Å². The molecule has 2 N–H and O–H groups in total. The summed E-state index contributed by atoms with van der Waals surface area (Å²) >= 11 is 1.63. The van der Waals surface area contributed by atoms with Gasteiger partial charge in [0.15, 0.2) is 5.65 Å². The van der Waals surface area contributed by atoms with E-state index in [-0.39, 0.29) is 0 Å². The average molecular weight is 266 g/mol. The fraction of sp³-hybridized carbons (Fsp3) is 0.500. The van der Waals surface area contributed by atoms with Crippen molar-refractivity contribution in [2.24, 2.45) is 0 Å². The Morgan fingerprint density at radius 3 is 3.00 bits per heavy atom. The van der Waals surface area contributed by atoms with Crippen molar-refractivity contribution in [3.05, 3.63) is 24.0 Å². The number of fused-ring (bicyclic) bond motifs is 1. The number of hydrogen-bond acceptors (Lipinski definition) is 5. The maximum atomic E-state index is 10.1. The molecule has 0 bridgehead atoms. The summed E-state index contributed by atoms with van der Waals surface area (Å²) in [5.41, 5.74) is 1.18. The van der Waals surface area contributed by atoms with Crippen molar-refractivity contribution in [2.45, 2.75) is 19.4 Å². The molecule has 0 saturated carbocycles. The molecule has 2 aromatic heterocycles. The first-order valence-electron chi connectivity index (χ1n) is 5.77. The molecule has 0 spiro atoms. The summed E-state index contributed by atoms with van der Waals surface area (Å²) < 4.78 is 1.74. The normalized spacial score (nSPS) is 14.7. The summed E-state index contributed by atoms with van der Waals surface area (Å²) in [4.78, 5) is 4.17. The first-order chi connectivity index (χ1) is 8.52. The van der Waals surface area contributed by atoms with E-state index in [2.05, 4.69) is 15.4 Å². The fourth-order valence-corrected chi connectivity index (χ4v) is 2.55. The molecule has 0 amide bonds. The molecule has 98 valence electrons. The van der Waals surface area contributed by atoms with Crippen molar-refractivity contribution >= 4 is 23.2 Å². The van der Waals surface area contributed by atoms with Crippen LogP contribution < -0.4 is 5.32 Å². The maximum Gasteiger partial charge on any atom is 0.157 e. The van der Waals surface area contributed by atoms with Crippen LogP contribution in [0, 0.1) is 6.92 Å². The molecule has 0 aliphatic carbocycles. The van der Waals surface area contributed by atoms with Gasteiger partial charge in [-0.05, 0) is 37.8 Å². The van der Waals surface area contributed by atoms with Crippen LogP contribution in [0.1, 0.15) is 12.5 Å². The highest BCUT2D eigenvalue weighted by atomic mass is 32.2. The van der Waals surface area contributed by atoms with E-state index >= 15 is 0 Å². The quantitative estimate of drug-likeness (QED) is 0.860. The van der Waals surface area contributed by atoms with Gasteiger partial charge in [-0.1, -0.05) is 0 Å². The largest absolute Gasteiger partial charge is 0.387 e. The Labute approximate surface area is 111 Å². The van der Waals surface area contributed by atoms with E-state index < -0.39 is 5.60 Å². The predicted octanol–water partition coefficient (Wildman–Crippen LogP) is 1.56. The smallest absolute Gasteiger partial charge is 0.157 e. The monoisotopic (exact) mass is 266 g/mol. The summed E-state index contributed by atoms with van der Waals surface area (Å²) in [5.74, 6) is 1.54. The number of thioether (sulfide) groups is 1. The second-order valence-corrected chi connectivity index (χ2v) is 5.60. The zero-order chi connectivity index (χ0) is 13.2. The number of hydrogen-bond donors (Lipinski definition) is 2. The van der Waals surface area contributed by atoms with Crippen LogP contribution in [0.3, 0.4) is 0 Å². The van der Waals surface area contributed by atoms with Gasteiger partial charge in [0.25, 0.3) is 0 Å². The van der Waals surface area contributed by atoms with E-state index in [9.17, 15) is 5.11 Å². The molecule has 0 saturated heterocycles. The minimum absolute atomic E-state index is 0.478. The lowest BCUT2D eigenvalue weighted by atomic mass is 10.1. The Bertz CT molecular complexity index is 538. The predicted molar refractivity (Wildman–Crippen MR) is 75.2 cm³/mol. The van der Waals surface area contributed by atoms with Crippen molar-refractivity contribution in [1.29, 1.82) is 0 Å². The van der Waals surface area contributed by atoms with Crippen molar-refractivity contribution in [1.82, 2.24) is 14.6 Å². The second-order valence-electron chi connectivity index (χ2n) is 4.73. The Balaban J connectivity index is 2.19. The lowest BCUT2D eigenvalue weighted by Gasteiger charge is -2.23. The van der Waals surface area contributed by atoms with Crippen LogP contribution in [0.4, 0.5) is 5.82 Å². The highest BCUT2D eigenvalue weighted by Gasteiger charge is 2.19. The number of nitrogens with one attached hydrogen (secondary N) is 1. The number of aliphatic hydroxyl groups is 1. The Hall–Kier alpha value is -1.27. The Kier molecular flexibility index (Phi) is 3.77. The van der Waals surface area contributed by atoms with E-state index in [0.29, 0.717) is 12.3 Å². The molecule has 0 aliphatic rings. The minimum atomic E-state index is -0.740.